The molecule has 1 amide bonds. The Labute approximate surface area is 223 Å². The summed E-state index contributed by atoms with van der Waals surface area (Å²) in [5.74, 6) is 0.485. The monoisotopic (exact) mass is 507 g/mol. The molecule has 0 atom stereocenters. The second kappa shape index (κ2) is 16.9. The zero-order valence-electron chi connectivity index (χ0n) is 22.8. The Hall–Kier alpha value is -2.69. The number of aromatic nitrogens is 2. The first-order valence-electron chi connectivity index (χ1n) is 14.7. The summed E-state index contributed by atoms with van der Waals surface area (Å²) in [6, 6.07) is 13.9. The molecule has 202 valence electrons. The summed E-state index contributed by atoms with van der Waals surface area (Å²) in [5.41, 5.74) is 2.64. The molecule has 3 aromatic rings. The molecule has 1 aromatic heterocycles. The van der Waals surface area contributed by atoms with Gasteiger partial charge in [0.2, 0.25) is 0 Å². The van der Waals surface area contributed by atoms with E-state index >= 15 is 0 Å². The van der Waals surface area contributed by atoms with E-state index in [1.807, 2.05) is 6.07 Å². The van der Waals surface area contributed by atoms with Crippen LogP contribution in [-0.4, -0.2) is 22.0 Å². The topological polar surface area (TPSA) is 46.9 Å². The molecule has 1 heterocycles. The molecule has 0 aliphatic rings. The van der Waals surface area contributed by atoms with Crippen LogP contribution in [0.4, 0.5) is 4.39 Å². The Morgan fingerprint density at radius 1 is 0.784 bits per heavy atom. The lowest BCUT2D eigenvalue weighted by molar-refractivity contribution is 0.0954. The summed E-state index contributed by atoms with van der Waals surface area (Å²) >= 11 is 0. The molecule has 0 saturated heterocycles. The van der Waals surface area contributed by atoms with Crippen molar-refractivity contribution in [2.24, 2.45) is 0 Å². The number of carbonyl (C=O) groups is 1. The van der Waals surface area contributed by atoms with Gasteiger partial charge < -0.3 is 9.88 Å². The number of benzene rings is 2. The second-order valence-electron chi connectivity index (χ2n) is 10.3. The van der Waals surface area contributed by atoms with Crippen molar-refractivity contribution >= 4 is 16.9 Å². The van der Waals surface area contributed by atoms with Gasteiger partial charge in [0.25, 0.3) is 5.91 Å². The van der Waals surface area contributed by atoms with Gasteiger partial charge in [-0.2, -0.15) is 0 Å². The van der Waals surface area contributed by atoms with Gasteiger partial charge in [0.05, 0.1) is 11.0 Å². The minimum Gasteiger partial charge on any atom is -0.352 e. The number of unbranched alkanes of at least 4 members (excludes halogenated alkanes) is 13. The Morgan fingerprint density at radius 3 is 1.97 bits per heavy atom. The maximum absolute atomic E-state index is 13.1. The molecule has 0 aliphatic heterocycles. The number of imidazole rings is 1. The van der Waals surface area contributed by atoms with E-state index in [1.165, 1.54) is 108 Å². The van der Waals surface area contributed by atoms with E-state index in [4.69, 9.17) is 4.98 Å². The minimum absolute atomic E-state index is 0.186. The van der Waals surface area contributed by atoms with Crippen molar-refractivity contribution in [3.05, 3.63) is 65.7 Å². The predicted molar refractivity (Wildman–Crippen MR) is 152 cm³/mol. The van der Waals surface area contributed by atoms with E-state index in [0.717, 1.165) is 29.8 Å². The summed E-state index contributed by atoms with van der Waals surface area (Å²) in [4.78, 5) is 17.2. The highest BCUT2D eigenvalue weighted by Gasteiger charge is 2.11. The van der Waals surface area contributed by atoms with Gasteiger partial charge >= 0.3 is 0 Å². The summed E-state index contributed by atoms with van der Waals surface area (Å²) in [7, 11) is 0. The second-order valence-corrected chi connectivity index (χ2v) is 10.3. The Balaban J connectivity index is 1.33. The molecule has 0 aliphatic carbocycles. The number of fused-ring (bicyclic) bond motifs is 1. The highest BCUT2D eigenvalue weighted by Crippen LogP contribution is 2.19. The van der Waals surface area contributed by atoms with Crippen LogP contribution >= 0.6 is 0 Å². The number of amides is 1. The van der Waals surface area contributed by atoms with Crippen molar-refractivity contribution in [2.75, 3.05) is 6.54 Å². The van der Waals surface area contributed by atoms with Crippen LogP contribution < -0.4 is 5.32 Å². The first-order chi connectivity index (χ1) is 18.2. The van der Waals surface area contributed by atoms with Gasteiger partial charge in [0.15, 0.2) is 0 Å². The first kappa shape index (κ1) is 28.9. The van der Waals surface area contributed by atoms with E-state index in [1.54, 1.807) is 0 Å². The molecule has 0 unspecified atom stereocenters. The van der Waals surface area contributed by atoms with Crippen LogP contribution in [0.5, 0.6) is 0 Å². The van der Waals surface area contributed by atoms with E-state index in [0.29, 0.717) is 18.5 Å². The van der Waals surface area contributed by atoms with Crippen LogP contribution in [-0.2, 0) is 13.0 Å². The molecule has 0 bridgehead atoms. The largest absolute Gasteiger partial charge is 0.352 e. The van der Waals surface area contributed by atoms with Crippen molar-refractivity contribution in [1.82, 2.24) is 14.9 Å². The molecule has 4 nitrogen and oxygen atoms in total. The molecule has 0 saturated carbocycles. The van der Waals surface area contributed by atoms with Crippen LogP contribution in [0.1, 0.15) is 113 Å². The van der Waals surface area contributed by atoms with E-state index in [-0.39, 0.29) is 11.7 Å². The smallest absolute Gasteiger partial charge is 0.251 e. The lowest BCUT2D eigenvalue weighted by atomic mass is 10.0. The predicted octanol–water partition coefficient (Wildman–Crippen LogP) is 8.63. The SMILES string of the molecule is CCCCCCCCCCCCCCCCn1c(CCNC(=O)c2ccc(F)cc2)nc2ccccc21. The third-order valence-corrected chi connectivity index (χ3v) is 7.21. The Kier molecular flexibility index (Phi) is 13.2. The lowest BCUT2D eigenvalue weighted by Crippen LogP contribution is -2.26. The maximum Gasteiger partial charge on any atom is 0.251 e. The summed E-state index contributed by atoms with van der Waals surface area (Å²) in [5, 5.41) is 2.94. The fourth-order valence-electron chi connectivity index (χ4n) is 5.02. The standard InChI is InChI=1S/C32H46FN3O/c1-2-3-4-5-6-7-8-9-10-11-12-13-14-17-26-36-30-19-16-15-18-29(30)35-31(36)24-25-34-32(37)27-20-22-28(33)23-21-27/h15-16,18-23H,2-14,17,24-26H2,1H3,(H,34,37). The highest BCUT2D eigenvalue weighted by atomic mass is 19.1. The zero-order chi connectivity index (χ0) is 26.1. The van der Waals surface area contributed by atoms with Crippen molar-refractivity contribution in [2.45, 2.75) is 110 Å². The molecule has 5 heteroatoms. The maximum atomic E-state index is 13.1. The van der Waals surface area contributed by atoms with Gasteiger partial charge in [-0.05, 0) is 42.8 Å². The summed E-state index contributed by atoms with van der Waals surface area (Å²) < 4.78 is 15.4. The van der Waals surface area contributed by atoms with Crippen LogP contribution in [0.2, 0.25) is 0 Å². The number of carbonyl (C=O) groups excluding carboxylic acids is 1. The number of para-hydroxylation sites is 2. The summed E-state index contributed by atoms with van der Waals surface area (Å²) in [6.07, 6.45) is 19.7. The molecule has 0 radical (unpaired) electrons. The van der Waals surface area contributed by atoms with E-state index < -0.39 is 0 Å². The van der Waals surface area contributed by atoms with Gasteiger partial charge in [-0.3, -0.25) is 4.79 Å². The van der Waals surface area contributed by atoms with E-state index in [9.17, 15) is 9.18 Å². The number of nitrogens with zero attached hydrogens (tertiary/aromatic N) is 2. The number of hydrogen-bond acceptors (Lipinski definition) is 2. The third kappa shape index (κ3) is 10.3. The van der Waals surface area contributed by atoms with Crippen LogP contribution in [0.15, 0.2) is 48.5 Å². The van der Waals surface area contributed by atoms with Crippen LogP contribution in [0.25, 0.3) is 11.0 Å². The van der Waals surface area contributed by atoms with Gasteiger partial charge in [0, 0.05) is 25.1 Å². The van der Waals surface area contributed by atoms with E-state index in [2.05, 4.69) is 35.0 Å². The molecule has 3 rings (SSSR count). The number of rotatable bonds is 19. The Bertz CT molecular complexity index is 1040. The van der Waals surface area contributed by atoms with Gasteiger partial charge in [-0.1, -0.05) is 103 Å². The number of hydrogen-bond donors (Lipinski definition) is 1. The van der Waals surface area contributed by atoms with Crippen molar-refractivity contribution in [3.63, 3.8) is 0 Å². The number of aryl methyl sites for hydroxylation is 1. The molecule has 0 spiro atoms. The van der Waals surface area contributed by atoms with Gasteiger partial charge in [0.1, 0.15) is 11.6 Å². The van der Waals surface area contributed by atoms with Crippen molar-refractivity contribution in [3.8, 4) is 0 Å². The highest BCUT2D eigenvalue weighted by molar-refractivity contribution is 5.94. The first-order valence-corrected chi connectivity index (χ1v) is 14.7. The van der Waals surface area contributed by atoms with Crippen LogP contribution in [0, 0.1) is 5.82 Å². The van der Waals surface area contributed by atoms with Gasteiger partial charge in [-0.25, -0.2) is 9.37 Å². The molecule has 0 fully saturated rings. The summed E-state index contributed by atoms with van der Waals surface area (Å²) in [6.45, 7) is 3.73. The molecule has 2 aromatic carbocycles. The van der Waals surface area contributed by atoms with Crippen molar-refractivity contribution < 1.29 is 9.18 Å². The molecular formula is C32H46FN3O. The van der Waals surface area contributed by atoms with Crippen molar-refractivity contribution in [1.29, 1.82) is 0 Å². The normalized spacial score (nSPS) is 11.3. The molecular weight excluding hydrogens is 461 g/mol. The van der Waals surface area contributed by atoms with Gasteiger partial charge in [-0.15, -0.1) is 0 Å². The number of halogens is 1. The van der Waals surface area contributed by atoms with Crippen LogP contribution in [0.3, 0.4) is 0 Å². The minimum atomic E-state index is -0.339. The lowest BCUT2D eigenvalue weighted by Gasteiger charge is -2.10. The Morgan fingerprint density at radius 2 is 1.35 bits per heavy atom. The average molecular weight is 508 g/mol. The fourth-order valence-corrected chi connectivity index (χ4v) is 5.02. The zero-order valence-corrected chi connectivity index (χ0v) is 22.8. The third-order valence-electron chi connectivity index (χ3n) is 7.21. The number of nitrogens with one attached hydrogen (secondary N) is 1. The molecule has 1 N–H and O–H groups in total. The fraction of sp³-hybridized carbons (Fsp3) is 0.562. The average Bonchev–Trinajstić information content (AvgIpc) is 3.26. The molecule has 37 heavy (non-hydrogen) atoms. The quantitative estimate of drug-likeness (QED) is 0.165.